The summed E-state index contributed by atoms with van der Waals surface area (Å²) in [6, 6.07) is 3.38. The number of nitrogens with one attached hydrogen (secondary N) is 1. The summed E-state index contributed by atoms with van der Waals surface area (Å²) in [6.45, 7) is 2.67. The molecule has 0 radical (unpaired) electrons. The predicted molar refractivity (Wildman–Crippen MR) is 81.8 cm³/mol. The molecule has 0 amide bonds. The number of ether oxygens (including phenoxy) is 1. The Bertz CT molecular complexity index is 643. The van der Waals surface area contributed by atoms with Gasteiger partial charge in [-0.2, -0.15) is 0 Å². The third-order valence-electron chi connectivity index (χ3n) is 4.17. The van der Waals surface area contributed by atoms with Crippen LogP contribution < -0.4 is 15.2 Å². The van der Waals surface area contributed by atoms with Gasteiger partial charge in [0.2, 0.25) is 10.0 Å². The maximum atomic E-state index is 12.6. The second kappa shape index (κ2) is 5.50. The molecule has 1 fully saturated rings. The van der Waals surface area contributed by atoms with Crippen LogP contribution in [0.3, 0.4) is 0 Å². The fourth-order valence-electron chi connectivity index (χ4n) is 3.01. The highest BCUT2D eigenvalue weighted by Gasteiger charge is 2.40. The van der Waals surface area contributed by atoms with Crippen molar-refractivity contribution in [3.05, 3.63) is 17.7 Å². The van der Waals surface area contributed by atoms with Crippen molar-refractivity contribution < 1.29 is 13.2 Å². The van der Waals surface area contributed by atoms with Crippen LogP contribution in [0.5, 0.6) is 5.75 Å². The topological polar surface area (TPSA) is 81.4 Å². The van der Waals surface area contributed by atoms with Crippen LogP contribution >= 0.6 is 0 Å². The minimum absolute atomic E-state index is 0.0654. The molecule has 3 rings (SSSR count). The van der Waals surface area contributed by atoms with Gasteiger partial charge in [0, 0.05) is 11.7 Å². The van der Waals surface area contributed by atoms with Gasteiger partial charge in [-0.1, -0.05) is 13.3 Å². The third kappa shape index (κ3) is 3.01. The van der Waals surface area contributed by atoms with Crippen molar-refractivity contribution in [1.82, 2.24) is 4.72 Å². The molecule has 3 N–H and O–H groups in total. The monoisotopic (exact) mass is 310 g/mol. The van der Waals surface area contributed by atoms with Crippen molar-refractivity contribution in [1.29, 1.82) is 0 Å². The quantitative estimate of drug-likeness (QED) is 0.816. The Labute approximate surface area is 125 Å². The van der Waals surface area contributed by atoms with Crippen molar-refractivity contribution in [2.45, 2.75) is 50.0 Å². The Morgan fingerprint density at radius 3 is 3.00 bits per heavy atom. The van der Waals surface area contributed by atoms with Crippen molar-refractivity contribution in [3.8, 4) is 5.75 Å². The molecule has 1 heterocycles. The summed E-state index contributed by atoms with van der Waals surface area (Å²) in [5.41, 5.74) is 7.22. The van der Waals surface area contributed by atoms with Crippen LogP contribution in [0.15, 0.2) is 17.0 Å². The minimum Gasteiger partial charge on any atom is -0.492 e. The van der Waals surface area contributed by atoms with Gasteiger partial charge in [-0.25, -0.2) is 13.1 Å². The Morgan fingerprint density at radius 2 is 2.24 bits per heavy atom. The van der Waals surface area contributed by atoms with Gasteiger partial charge in [0.25, 0.3) is 0 Å². The molecule has 0 aromatic heterocycles. The normalized spacial score (nSPS) is 24.2. The van der Waals surface area contributed by atoms with E-state index in [1.165, 1.54) is 6.07 Å². The van der Waals surface area contributed by atoms with Gasteiger partial charge in [-0.3, -0.25) is 0 Å². The van der Waals surface area contributed by atoms with E-state index >= 15 is 0 Å². The molecule has 1 aliphatic carbocycles. The molecule has 2 atom stereocenters. The molecule has 116 valence electrons. The van der Waals surface area contributed by atoms with Crippen molar-refractivity contribution in [3.63, 3.8) is 0 Å². The first-order valence-corrected chi connectivity index (χ1v) is 9.07. The van der Waals surface area contributed by atoms with Crippen molar-refractivity contribution >= 4 is 15.7 Å². The van der Waals surface area contributed by atoms with E-state index in [4.69, 9.17) is 10.5 Å². The average Bonchev–Trinajstić information content (AvgIpc) is 3.15. The molecule has 1 aliphatic heterocycles. The van der Waals surface area contributed by atoms with Crippen molar-refractivity contribution in [2.24, 2.45) is 5.92 Å². The number of rotatable bonds is 5. The number of fused-ring (bicyclic) bond motifs is 1. The van der Waals surface area contributed by atoms with E-state index in [1.54, 1.807) is 0 Å². The molecular formula is C15H22N2O3S. The predicted octanol–water partition coefficient (Wildman–Crippen LogP) is 2.06. The number of nitrogens with two attached hydrogens (primary N) is 1. The van der Waals surface area contributed by atoms with Gasteiger partial charge in [0.15, 0.2) is 0 Å². The zero-order valence-electron chi connectivity index (χ0n) is 12.3. The molecule has 0 saturated heterocycles. The van der Waals surface area contributed by atoms with Gasteiger partial charge in [-0.05, 0) is 49.3 Å². The lowest BCUT2D eigenvalue weighted by atomic mass is 10.1. The summed E-state index contributed by atoms with van der Waals surface area (Å²) in [6.07, 6.45) is 4.78. The molecule has 21 heavy (non-hydrogen) atoms. The molecule has 1 aromatic rings. The fraction of sp³-hybridized carbons (Fsp3) is 0.600. The first kappa shape index (κ1) is 14.7. The lowest BCUT2D eigenvalue weighted by Crippen LogP contribution is -2.28. The summed E-state index contributed by atoms with van der Waals surface area (Å²) in [5.74, 6) is 0.957. The zero-order valence-corrected chi connectivity index (χ0v) is 13.1. The molecule has 2 aliphatic rings. The number of sulfonamides is 1. The number of hydrogen-bond acceptors (Lipinski definition) is 4. The van der Waals surface area contributed by atoms with Crippen LogP contribution in [-0.2, 0) is 16.4 Å². The van der Waals surface area contributed by atoms with E-state index in [0.717, 1.165) is 37.7 Å². The molecule has 0 bridgehead atoms. The Morgan fingerprint density at radius 1 is 1.43 bits per heavy atom. The summed E-state index contributed by atoms with van der Waals surface area (Å²) < 4.78 is 33.6. The Hall–Kier alpha value is -1.27. The van der Waals surface area contributed by atoms with E-state index in [0.29, 0.717) is 24.0 Å². The Kier molecular flexibility index (Phi) is 3.84. The highest BCUT2D eigenvalue weighted by atomic mass is 32.2. The zero-order chi connectivity index (χ0) is 15.0. The van der Waals surface area contributed by atoms with E-state index in [1.807, 2.05) is 6.07 Å². The van der Waals surface area contributed by atoms with Gasteiger partial charge < -0.3 is 10.5 Å². The lowest BCUT2D eigenvalue weighted by molar-refractivity contribution is 0.280. The standard InChI is InChI=1S/C15H22N2O3S/c1-2-4-10-8-13(10)17-21(18,19)14-9-12(16)7-11-5-3-6-20-15(11)14/h7,9-10,13,17H,2-6,8,16H2,1H3. The van der Waals surface area contributed by atoms with Crippen LogP contribution in [-0.4, -0.2) is 21.1 Å². The molecule has 0 spiro atoms. The Balaban J connectivity index is 1.87. The second-order valence-corrected chi connectivity index (χ2v) is 7.65. The minimum atomic E-state index is -3.57. The van der Waals surface area contributed by atoms with Crippen LogP contribution in [0.2, 0.25) is 0 Å². The molecule has 2 unspecified atom stereocenters. The number of aryl methyl sites for hydroxylation is 1. The highest BCUT2D eigenvalue weighted by molar-refractivity contribution is 7.89. The summed E-state index contributed by atoms with van der Waals surface area (Å²) in [7, 11) is -3.57. The smallest absolute Gasteiger partial charge is 0.244 e. The van der Waals surface area contributed by atoms with Crippen LogP contribution in [0.25, 0.3) is 0 Å². The van der Waals surface area contributed by atoms with Crippen LogP contribution in [0.4, 0.5) is 5.69 Å². The van der Waals surface area contributed by atoms with Gasteiger partial charge in [-0.15, -0.1) is 0 Å². The number of hydrogen-bond donors (Lipinski definition) is 2. The molecule has 1 saturated carbocycles. The summed E-state index contributed by atoms with van der Waals surface area (Å²) in [4.78, 5) is 0.194. The average molecular weight is 310 g/mol. The van der Waals surface area contributed by atoms with Gasteiger partial charge in [0.05, 0.1) is 6.61 Å². The largest absolute Gasteiger partial charge is 0.492 e. The third-order valence-corrected chi connectivity index (χ3v) is 5.66. The first-order chi connectivity index (χ1) is 10.0. The first-order valence-electron chi connectivity index (χ1n) is 7.59. The molecular weight excluding hydrogens is 288 g/mol. The maximum Gasteiger partial charge on any atom is 0.244 e. The fourth-order valence-corrected chi connectivity index (χ4v) is 4.55. The maximum absolute atomic E-state index is 12.6. The number of benzene rings is 1. The van der Waals surface area contributed by atoms with Crippen molar-refractivity contribution in [2.75, 3.05) is 12.3 Å². The van der Waals surface area contributed by atoms with Gasteiger partial charge >= 0.3 is 0 Å². The van der Waals surface area contributed by atoms with E-state index in [2.05, 4.69) is 11.6 Å². The molecule has 6 heteroatoms. The van der Waals surface area contributed by atoms with Crippen LogP contribution in [0, 0.1) is 5.92 Å². The lowest BCUT2D eigenvalue weighted by Gasteiger charge is -2.21. The second-order valence-electron chi connectivity index (χ2n) is 5.97. The SMILES string of the molecule is CCCC1CC1NS(=O)(=O)c1cc(N)cc2c1OCCC2. The summed E-state index contributed by atoms with van der Waals surface area (Å²) in [5, 5.41) is 0. The number of nitrogen functional groups attached to an aromatic ring is 1. The molecule has 5 nitrogen and oxygen atoms in total. The highest BCUT2D eigenvalue weighted by Crippen LogP contribution is 2.38. The summed E-state index contributed by atoms with van der Waals surface area (Å²) >= 11 is 0. The van der Waals surface area contributed by atoms with E-state index in [9.17, 15) is 8.42 Å². The van der Waals surface area contributed by atoms with E-state index in [-0.39, 0.29) is 10.9 Å². The molecule has 1 aromatic carbocycles. The van der Waals surface area contributed by atoms with E-state index < -0.39 is 10.0 Å². The van der Waals surface area contributed by atoms with Crippen LogP contribution in [0.1, 0.15) is 38.2 Å². The number of anilines is 1. The van der Waals surface area contributed by atoms with Gasteiger partial charge in [0.1, 0.15) is 10.6 Å².